The highest BCUT2D eigenvalue weighted by molar-refractivity contribution is 6.00. The van der Waals surface area contributed by atoms with Gasteiger partial charge in [0.2, 0.25) is 5.95 Å². The molecule has 0 amide bonds. The second-order valence-electron chi connectivity index (χ2n) is 8.66. The van der Waals surface area contributed by atoms with Crippen LogP contribution in [0.2, 0.25) is 0 Å². The molecule has 0 spiro atoms. The van der Waals surface area contributed by atoms with Crippen LogP contribution in [0.15, 0.2) is 59.8 Å². The van der Waals surface area contributed by atoms with E-state index in [1.54, 1.807) is 41.1 Å². The van der Waals surface area contributed by atoms with Gasteiger partial charge in [-0.3, -0.25) is 4.79 Å². The highest BCUT2D eigenvalue weighted by Gasteiger charge is 2.41. The average molecular weight is 404 g/mol. The van der Waals surface area contributed by atoms with Crippen molar-refractivity contribution in [3.05, 3.63) is 71.2 Å². The molecule has 0 fully saturated rings. The van der Waals surface area contributed by atoms with E-state index in [9.17, 15) is 14.3 Å². The lowest BCUT2D eigenvalue weighted by Crippen LogP contribution is -2.36. The number of phenols is 1. The number of rotatable bonds is 2. The van der Waals surface area contributed by atoms with Crippen molar-refractivity contribution in [3.8, 4) is 17.1 Å². The van der Waals surface area contributed by atoms with Crippen LogP contribution >= 0.6 is 0 Å². The number of carbonyl (C=O) groups excluding carboxylic acids is 1. The number of aromatic hydroxyl groups is 1. The van der Waals surface area contributed by atoms with Gasteiger partial charge in [0.25, 0.3) is 0 Å². The minimum absolute atomic E-state index is 0.0652. The number of hydrogen-bond donors (Lipinski definition) is 2. The summed E-state index contributed by atoms with van der Waals surface area (Å²) >= 11 is 0. The fourth-order valence-corrected chi connectivity index (χ4v) is 4.30. The monoisotopic (exact) mass is 404 g/mol. The van der Waals surface area contributed by atoms with Crippen molar-refractivity contribution in [1.29, 1.82) is 0 Å². The molecule has 0 radical (unpaired) electrons. The molecule has 30 heavy (non-hydrogen) atoms. The van der Waals surface area contributed by atoms with Crippen LogP contribution in [0.3, 0.4) is 0 Å². The highest BCUT2D eigenvalue weighted by Crippen LogP contribution is 2.45. The molecular formula is C23H21FN4O2. The zero-order chi connectivity index (χ0) is 21.0. The molecule has 2 aromatic carbocycles. The number of nitrogens with zero attached hydrogens (tertiary/aromatic N) is 3. The van der Waals surface area contributed by atoms with Crippen LogP contribution in [0.1, 0.15) is 38.3 Å². The van der Waals surface area contributed by atoms with Gasteiger partial charge in [-0.05, 0) is 53.8 Å². The molecule has 152 valence electrons. The molecule has 1 unspecified atom stereocenters. The molecule has 2 N–H and O–H groups in total. The molecule has 1 aromatic heterocycles. The molecule has 3 aromatic rings. The molecule has 0 saturated heterocycles. The van der Waals surface area contributed by atoms with Crippen molar-refractivity contribution < 1.29 is 14.3 Å². The summed E-state index contributed by atoms with van der Waals surface area (Å²) in [6.45, 7) is 4.15. The molecule has 7 heteroatoms. The molecular weight excluding hydrogens is 383 g/mol. The van der Waals surface area contributed by atoms with Gasteiger partial charge in [-0.2, -0.15) is 4.98 Å². The number of carbonyl (C=O) groups is 1. The first-order valence-corrected chi connectivity index (χ1v) is 9.85. The Labute approximate surface area is 173 Å². The van der Waals surface area contributed by atoms with Gasteiger partial charge in [0.1, 0.15) is 17.6 Å². The van der Waals surface area contributed by atoms with Crippen molar-refractivity contribution in [2.24, 2.45) is 5.41 Å². The van der Waals surface area contributed by atoms with Gasteiger partial charge in [-0.15, -0.1) is 5.10 Å². The number of hydrogen-bond acceptors (Lipinski definition) is 5. The summed E-state index contributed by atoms with van der Waals surface area (Å²) in [5, 5.41) is 17.6. The number of fused-ring (bicyclic) bond motifs is 1. The minimum atomic E-state index is -0.473. The Morgan fingerprint density at radius 2 is 1.80 bits per heavy atom. The van der Waals surface area contributed by atoms with Gasteiger partial charge >= 0.3 is 0 Å². The van der Waals surface area contributed by atoms with Gasteiger partial charge in [-0.1, -0.05) is 26.0 Å². The standard InChI is InChI=1S/C23H21FN4O2/c1-23(2)11-17-19(18(30)12-23)20(13-3-7-15(24)8-4-13)28-22(25-17)26-21(27-28)14-5-9-16(29)10-6-14/h3-10,20,29H,11-12H2,1-2H3,(H,25,26,27). The van der Waals surface area contributed by atoms with E-state index in [2.05, 4.69) is 29.2 Å². The first-order valence-electron chi connectivity index (χ1n) is 9.85. The van der Waals surface area contributed by atoms with E-state index in [0.717, 1.165) is 16.8 Å². The van der Waals surface area contributed by atoms with Crippen LogP contribution < -0.4 is 5.32 Å². The van der Waals surface area contributed by atoms with Crippen LogP contribution in [0.25, 0.3) is 11.4 Å². The average Bonchev–Trinajstić information content (AvgIpc) is 3.10. The zero-order valence-electron chi connectivity index (χ0n) is 16.7. The lowest BCUT2D eigenvalue weighted by molar-refractivity contribution is -0.118. The summed E-state index contributed by atoms with van der Waals surface area (Å²) in [5.41, 5.74) is 2.89. The van der Waals surface area contributed by atoms with Crippen molar-refractivity contribution in [2.75, 3.05) is 5.32 Å². The summed E-state index contributed by atoms with van der Waals surface area (Å²) in [6, 6.07) is 12.3. The second kappa shape index (κ2) is 6.52. The number of halogens is 1. The molecule has 1 aliphatic carbocycles. The van der Waals surface area contributed by atoms with Crippen LogP contribution in [0.5, 0.6) is 5.75 Å². The van der Waals surface area contributed by atoms with Crippen molar-refractivity contribution >= 4 is 11.7 Å². The third-order valence-corrected chi connectivity index (χ3v) is 5.64. The number of allylic oxidation sites excluding steroid dienone is 2. The Bertz CT molecular complexity index is 1180. The predicted molar refractivity (Wildman–Crippen MR) is 110 cm³/mol. The maximum atomic E-state index is 13.6. The number of aromatic nitrogens is 3. The minimum Gasteiger partial charge on any atom is -0.508 e. The number of ketones is 1. The van der Waals surface area contributed by atoms with Crippen molar-refractivity contribution in [2.45, 2.75) is 32.7 Å². The molecule has 5 rings (SSSR count). The van der Waals surface area contributed by atoms with Crippen LogP contribution in [-0.2, 0) is 4.79 Å². The first-order chi connectivity index (χ1) is 14.3. The van der Waals surface area contributed by atoms with E-state index in [1.165, 1.54) is 12.1 Å². The van der Waals surface area contributed by atoms with E-state index in [1.807, 2.05) is 0 Å². The Morgan fingerprint density at radius 3 is 2.50 bits per heavy atom. The van der Waals surface area contributed by atoms with E-state index in [0.29, 0.717) is 30.2 Å². The number of nitrogens with one attached hydrogen (secondary N) is 1. The van der Waals surface area contributed by atoms with Gasteiger partial charge in [0.05, 0.1) is 0 Å². The van der Waals surface area contributed by atoms with E-state index in [-0.39, 0.29) is 22.8 Å². The van der Waals surface area contributed by atoms with Gasteiger partial charge in [0, 0.05) is 23.3 Å². The van der Waals surface area contributed by atoms with Crippen LogP contribution in [-0.4, -0.2) is 25.7 Å². The quantitative estimate of drug-likeness (QED) is 0.660. The van der Waals surface area contributed by atoms with Gasteiger partial charge in [-0.25, -0.2) is 9.07 Å². The maximum absolute atomic E-state index is 13.6. The maximum Gasteiger partial charge on any atom is 0.226 e. The van der Waals surface area contributed by atoms with E-state index < -0.39 is 6.04 Å². The Kier molecular flexibility index (Phi) is 4.03. The van der Waals surface area contributed by atoms with E-state index in [4.69, 9.17) is 0 Å². The number of benzene rings is 2. The Morgan fingerprint density at radius 1 is 1.10 bits per heavy atom. The summed E-state index contributed by atoms with van der Waals surface area (Å²) in [4.78, 5) is 17.8. The SMILES string of the molecule is CC1(C)CC(=O)C2=C(C1)Nc1nc(-c3ccc(O)cc3)nn1C2c1ccc(F)cc1. The number of anilines is 1. The molecule has 6 nitrogen and oxygen atoms in total. The molecule has 1 aliphatic heterocycles. The zero-order valence-corrected chi connectivity index (χ0v) is 16.7. The van der Waals surface area contributed by atoms with Crippen LogP contribution in [0.4, 0.5) is 10.3 Å². The summed E-state index contributed by atoms with van der Waals surface area (Å²) in [7, 11) is 0. The summed E-state index contributed by atoms with van der Waals surface area (Å²) in [6.07, 6.45) is 1.16. The molecule has 0 bridgehead atoms. The Balaban J connectivity index is 1.67. The fraction of sp³-hybridized carbons (Fsp3) is 0.261. The summed E-state index contributed by atoms with van der Waals surface area (Å²) in [5.74, 6) is 0.916. The lowest BCUT2D eigenvalue weighted by atomic mass is 9.73. The van der Waals surface area contributed by atoms with Crippen molar-refractivity contribution in [1.82, 2.24) is 14.8 Å². The summed E-state index contributed by atoms with van der Waals surface area (Å²) < 4.78 is 15.3. The molecule has 1 atom stereocenters. The van der Waals surface area contributed by atoms with Gasteiger partial charge < -0.3 is 10.4 Å². The molecule has 2 aliphatic rings. The Hall–Kier alpha value is -3.48. The number of Topliss-reactive ketones (excluding diaryl/α,β-unsaturated/α-hetero) is 1. The topological polar surface area (TPSA) is 80.0 Å². The second-order valence-corrected chi connectivity index (χ2v) is 8.66. The third kappa shape index (κ3) is 3.07. The van der Waals surface area contributed by atoms with Crippen molar-refractivity contribution in [3.63, 3.8) is 0 Å². The molecule has 2 heterocycles. The third-order valence-electron chi connectivity index (χ3n) is 5.64. The highest BCUT2D eigenvalue weighted by atomic mass is 19.1. The first kappa shape index (κ1) is 18.5. The normalized spacial score (nSPS) is 19.8. The van der Waals surface area contributed by atoms with E-state index >= 15 is 0 Å². The predicted octanol–water partition coefficient (Wildman–Crippen LogP) is 4.45. The lowest BCUT2D eigenvalue weighted by Gasteiger charge is -2.38. The largest absolute Gasteiger partial charge is 0.508 e. The smallest absolute Gasteiger partial charge is 0.226 e. The number of phenolic OH excluding ortho intramolecular Hbond substituents is 1. The van der Waals surface area contributed by atoms with Gasteiger partial charge in [0.15, 0.2) is 11.6 Å². The molecule has 0 saturated carbocycles. The van der Waals surface area contributed by atoms with Crippen LogP contribution in [0, 0.1) is 11.2 Å². The fourth-order valence-electron chi connectivity index (χ4n) is 4.30.